The lowest BCUT2D eigenvalue weighted by Crippen LogP contribution is -2.31. The number of para-hydroxylation sites is 1. The SMILES string of the molecule is CC(C)N(CCC#N)Cc1c(C(=O)O)oc2ccccc12. The zero-order valence-electron chi connectivity index (χ0n) is 12.2. The maximum atomic E-state index is 11.4. The fraction of sp³-hybridized carbons (Fsp3) is 0.375. The summed E-state index contributed by atoms with van der Waals surface area (Å²) < 4.78 is 5.45. The highest BCUT2D eigenvalue weighted by Gasteiger charge is 2.22. The van der Waals surface area contributed by atoms with Crippen molar-refractivity contribution >= 4 is 16.9 Å². The van der Waals surface area contributed by atoms with Crippen molar-refractivity contribution in [2.75, 3.05) is 6.54 Å². The van der Waals surface area contributed by atoms with E-state index in [0.717, 1.165) is 5.39 Å². The summed E-state index contributed by atoms with van der Waals surface area (Å²) >= 11 is 0. The quantitative estimate of drug-likeness (QED) is 0.882. The normalized spacial score (nSPS) is 11.2. The van der Waals surface area contributed by atoms with Crippen molar-refractivity contribution in [2.24, 2.45) is 0 Å². The van der Waals surface area contributed by atoms with Crippen molar-refractivity contribution in [3.05, 3.63) is 35.6 Å². The average Bonchev–Trinajstić information content (AvgIpc) is 2.82. The molecule has 0 aliphatic carbocycles. The van der Waals surface area contributed by atoms with E-state index in [0.29, 0.717) is 30.7 Å². The van der Waals surface area contributed by atoms with Gasteiger partial charge in [0.05, 0.1) is 6.07 Å². The summed E-state index contributed by atoms with van der Waals surface area (Å²) in [6.07, 6.45) is 0.413. The van der Waals surface area contributed by atoms with Gasteiger partial charge in [-0.05, 0) is 19.9 Å². The summed E-state index contributed by atoms with van der Waals surface area (Å²) in [5, 5.41) is 18.9. The maximum absolute atomic E-state index is 11.4. The molecule has 5 nitrogen and oxygen atoms in total. The first-order valence-corrected chi connectivity index (χ1v) is 6.89. The van der Waals surface area contributed by atoms with Crippen molar-refractivity contribution in [3.8, 4) is 6.07 Å². The minimum Gasteiger partial charge on any atom is -0.475 e. The van der Waals surface area contributed by atoms with Gasteiger partial charge in [-0.2, -0.15) is 5.26 Å². The first-order valence-electron chi connectivity index (χ1n) is 6.89. The number of rotatable bonds is 6. The van der Waals surface area contributed by atoms with Crippen LogP contribution in [0, 0.1) is 11.3 Å². The summed E-state index contributed by atoms with van der Waals surface area (Å²) in [6, 6.07) is 9.65. The molecule has 5 heteroatoms. The summed E-state index contributed by atoms with van der Waals surface area (Å²) in [5.74, 6) is -1.08. The number of hydrogen-bond donors (Lipinski definition) is 1. The van der Waals surface area contributed by atoms with Crippen molar-refractivity contribution in [1.82, 2.24) is 4.90 Å². The zero-order chi connectivity index (χ0) is 15.4. The number of furan rings is 1. The van der Waals surface area contributed by atoms with E-state index in [-0.39, 0.29) is 11.8 Å². The molecule has 0 bridgehead atoms. The lowest BCUT2D eigenvalue weighted by Gasteiger charge is -2.25. The Morgan fingerprint density at radius 1 is 1.43 bits per heavy atom. The van der Waals surface area contributed by atoms with Crippen LogP contribution in [-0.2, 0) is 6.54 Å². The zero-order valence-corrected chi connectivity index (χ0v) is 12.2. The molecule has 0 spiro atoms. The standard InChI is InChI=1S/C16H18N2O3/c1-11(2)18(9-5-8-17)10-13-12-6-3-4-7-14(12)21-15(13)16(19)20/h3-4,6-7,11H,5,9-10H2,1-2H3,(H,19,20). The molecule has 0 atom stereocenters. The van der Waals surface area contributed by atoms with Crippen molar-refractivity contribution < 1.29 is 14.3 Å². The maximum Gasteiger partial charge on any atom is 0.372 e. The molecule has 21 heavy (non-hydrogen) atoms. The van der Waals surface area contributed by atoms with Crippen LogP contribution in [-0.4, -0.2) is 28.6 Å². The number of aromatic carboxylic acids is 1. The second-order valence-electron chi connectivity index (χ2n) is 5.18. The van der Waals surface area contributed by atoms with Crippen LogP contribution in [0.3, 0.4) is 0 Å². The van der Waals surface area contributed by atoms with Gasteiger partial charge in [-0.1, -0.05) is 18.2 Å². The number of nitriles is 1. The van der Waals surface area contributed by atoms with Gasteiger partial charge in [0, 0.05) is 36.5 Å². The molecule has 0 aliphatic heterocycles. The van der Waals surface area contributed by atoms with Gasteiger partial charge in [0.25, 0.3) is 0 Å². The van der Waals surface area contributed by atoms with Gasteiger partial charge in [0.1, 0.15) is 5.58 Å². The molecule has 1 aromatic carbocycles. The predicted molar refractivity (Wildman–Crippen MR) is 78.9 cm³/mol. The van der Waals surface area contributed by atoms with Gasteiger partial charge < -0.3 is 9.52 Å². The van der Waals surface area contributed by atoms with Crippen LogP contribution < -0.4 is 0 Å². The molecule has 0 aliphatic rings. The van der Waals surface area contributed by atoms with E-state index >= 15 is 0 Å². The fourth-order valence-electron chi connectivity index (χ4n) is 2.35. The van der Waals surface area contributed by atoms with Crippen molar-refractivity contribution in [1.29, 1.82) is 5.26 Å². The summed E-state index contributed by atoms with van der Waals surface area (Å²) in [6.45, 7) is 5.12. The van der Waals surface area contributed by atoms with E-state index in [4.69, 9.17) is 9.68 Å². The Bertz CT molecular complexity index is 682. The second-order valence-corrected chi connectivity index (χ2v) is 5.18. The van der Waals surface area contributed by atoms with E-state index in [1.807, 2.05) is 32.0 Å². The van der Waals surface area contributed by atoms with Crippen LogP contribution >= 0.6 is 0 Å². The fourth-order valence-corrected chi connectivity index (χ4v) is 2.35. The van der Waals surface area contributed by atoms with E-state index < -0.39 is 5.97 Å². The third-order valence-electron chi connectivity index (χ3n) is 3.49. The molecular formula is C16H18N2O3. The molecule has 2 rings (SSSR count). The molecule has 0 radical (unpaired) electrons. The Hall–Kier alpha value is -2.32. The number of carboxylic acid groups (broad SMARTS) is 1. The van der Waals surface area contributed by atoms with Crippen molar-refractivity contribution in [2.45, 2.75) is 32.9 Å². The molecule has 0 fully saturated rings. The van der Waals surface area contributed by atoms with Crippen LogP contribution in [0.5, 0.6) is 0 Å². The Kier molecular flexibility index (Phi) is 4.61. The molecule has 0 saturated heterocycles. The highest BCUT2D eigenvalue weighted by molar-refractivity contribution is 5.95. The first-order chi connectivity index (χ1) is 10.0. The second kappa shape index (κ2) is 6.42. The molecule has 1 heterocycles. The smallest absolute Gasteiger partial charge is 0.372 e. The van der Waals surface area contributed by atoms with E-state index in [1.54, 1.807) is 6.07 Å². The molecule has 0 saturated carbocycles. The number of hydrogen-bond acceptors (Lipinski definition) is 4. The topological polar surface area (TPSA) is 77.5 Å². The molecule has 0 amide bonds. The third kappa shape index (κ3) is 3.23. The molecular weight excluding hydrogens is 268 g/mol. The number of nitrogens with zero attached hydrogens (tertiary/aromatic N) is 2. The van der Waals surface area contributed by atoms with E-state index in [2.05, 4.69) is 11.0 Å². The lowest BCUT2D eigenvalue weighted by atomic mass is 10.1. The Morgan fingerprint density at radius 3 is 2.76 bits per heavy atom. The minimum absolute atomic E-state index is 0.0150. The van der Waals surface area contributed by atoms with Gasteiger partial charge >= 0.3 is 5.97 Å². The van der Waals surface area contributed by atoms with Crippen LogP contribution in [0.2, 0.25) is 0 Å². The van der Waals surface area contributed by atoms with E-state index in [1.165, 1.54) is 0 Å². The molecule has 1 N–H and O–H groups in total. The van der Waals surface area contributed by atoms with Crippen LogP contribution in [0.15, 0.2) is 28.7 Å². The third-order valence-corrected chi connectivity index (χ3v) is 3.49. The molecule has 2 aromatic rings. The van der Waals surface area contributed by atoms with Gasteiger partial charge in [-0.15, -0.1) is 0 Å². The monoisotopic (exact) mass is 286 g/mol. The van der Waals surface area contributed by atoms with Gasteiger partial charge in [-0.25, -0.2) is 4.79 Å². The summed E-state index contributed by atoms with van der Waals surface area (Å²) in [7, 11) is 0. The Morgan fingerprint density at radius 2 is 2.14 bits per heavy atom. The van der Waals surface area contributed by atoms with Crippen molar-refractivity contribution in [3.63, 3.8) is 0 Å². The van der Waals surface area contributed by atoms with Crippen LogP contribution in [0.4, 0.5) is 0 Å². The Labute approximate surface area is 123 Å². The highest BCUT2D eigenvalue weighted by atomic mass is 16.4. The summed E-state index contributed by atoms with van der Waals surface area (Å²) in [5.41, 5.74) is 1.25. The lowest BCUT2D eigenvalue weighted by molar-refractivity contribution is 0.0661. The summed E-state index contributed by atoms with van der Waals surface area (Å²) in [4.78, 5) is 13.5. The van der Waals surface area contributed by atoms with E-state index in [9.17, 15) is 9.90 Å². The number of carbonyl (C=O) groups is 1. The predicted octanol–water partition coefficient (Wildman–Crippen LogP) is 3.26. The van der Waals surface area contributed by atoms with Gasteiger partial charge in [-0.3, -0.25) is 4.90 Å². The number of fused-ring (bicyclic) bond motifs is 1. The minimum atomic E-state index is -1.06. The molecule has 110 valence electrons. The Balaban J connectivity index is 2.41. The first kappa shape index (κ1) is 15.1. The number of carboxylic acids is 1. The highest BCUT2D eigenvalue weighted by Crippen LogP contribution is 2.27. The largest absolute Gasteiger partial charge is 0.475 e. The van der Waals surface area contributed by atoms with Crippen LogP contribution in [0.1, 0.15) is 36.4 Å². The van der Waals surface area contributed by atoms with Gasteiger partial charge in [0.15, 0.2) is 0 Å². The molecule has 1 aromatic heterocycles. The molecule has 0 unspecified atom stereocenters. The number of benzene rings is 1. The van der Waals surface area contributed by atoms with Crippen LogP contribution in [0.25, 0.3) is 11.0 Å². The average molecular weight is 286 g/mol. The van der Waals surface area contributed by atoms with Gasteiger partial charge in [0.2, 0.25) is 5.76 Å².